The second kappa shape index (κ2) is 12.1. The average Bonchev–Trinajstić information content (AvgIpc) is 3.77. The first-order chi connectivity index (χ1) is 24.3. The van der Waals surface area contributed by atoms with E-state index in [9.17, 15) is 0 Å². The number of nitrogens with zero attached hydrogens (tertiary/aromatic N) is 5. The van der Waals surface area contributed by atoms with Crippen molar-refractivity contribution in [2.75, 3.05) is 4.90 Å². The van der Waals surface area contributed by atoms with Crippen LogP contribution in [0.3, 0.4) is 0 Å². The van der Waals surface area contributed by atoms with Gasteiger partial charge in [0.2, 0.25) is 0 Å². The first-order valence-electron chi connectivity index (χ1n) is 16.4. The molecule has 2 heterocycles. The zero-order valence-corrected chi connectivity index (χ0v) is 26.6. The van der Waals surface area contributed by atoms with Gasteiger partial charge in [0.05, 0.1) is 22.4 Å². The Morgan fingerprint density at radius 3 is 1.47 bits per heavy atom. The monoisotopic (exact) mass is 629 g/mol. The Kier molecular flexibility index (Phi) is 7.06. The maximum atomic E-state index is 4.73. The molecule has 2 aromatic heterocycles. The molecule has 0 aliphatic rings. The number of para-hydroxylation sites is 6. The number of hydrogen-bond acceptors (Lipinski definition) is 3. The SMILES string of the molecule is c1ccc(-c2nnc(-c3ccc(N(c4ccccc4)c4ccccc4-n4c5ccccc5c5ccccc54)cc3)n2-c2ccccc2)cc1. The summed E-state index contributed by atoms with van der Waals surface area (Å²) in [6, 6.07) is 65.7. The van der Waals surface area contributed by atoms with Gasteiger partial charge < -0.3 is 9.47 Å². The van der Waals surface area contributed by atoms with E-state index in [0.29, 0.717) is 0 Å². The first-order valence-corrected chi connectivity index (χ1v) is 16.4. The molecule has 0 amide bonds. The van der Waals surface area contributed by atoms with E-state index in [1.807, 2.05) is 36.4 Å². The summed E-state index contributed by atoms with van der Waals surface area (Å²) in [4.78, 5) is 2.33. The molecule has 232 valence electrons. The lowest BCUT2D eigenvalue weighted by atomic mass is 10.1. The van der Waals surface area contributed by atoms with Crippen molar-refractivity contribution in [2.45, 2.75) is 0 Å². The molecular weight excluding hydrogens is 599 g/mol. The maximum absolute atomic E-state index is 4.73. The van der Waals surface area contributed by atoms with Crippen LogP contribution in [-0.4, -0.2) is 19.3 Å². The molecule has 7 aromatic carbocycles. The lowest BCUT2D eigenvalue weighted by Crippen LogP contribution is -2.13. The summed E-state index contributed by atoms with van der Waals surface area (Å²) in [5.41, 5.74) is 9.64. The molecule has 0 aliphatic carbocycles. The van der Waals surface area contributed by atoms with Gasteiger partial charge in [-0.15, -0.1) is 10.2 Å². The van der Waals surface area contributed by atoms with Crippen molar-refractivity contribution < 1.29 is 0 Å². The Hall–Kier alpha value is -6.72. The van der Waals surface area contributed by atoms with Gasteiger partial charge in [-0.1, -0.05) is 115 Å². The molecule has 0 saturated heterocycles. The molecule has 0 spiro atoms. The van der Waals surface area contributed by atoms with Crippen LogP contribution in [0.5, 0.6) is 0 Å². The molecular formula is C44H31N5. The number of fused-ring (bicyclic) bond motifs is 3. The maximum Gasteiger partial charge on any atom is 0.168 e. The Balaban J connectivity index is 1.20. The van der Waals surface area contributed by atoms with Crippen LogP contribution in [0.4, 0.5) is 17.1 Å². The Morgan fingerprint density at radius 2 is 0.837 bits per heavy atom. The highest BCUT2D eigenvalue weighted by molar-refractivity contribution is 6.09. The minimum absolute atomic E-state index is 0.786. The van der Waals surface area contributed by atoms with Crippen LogP contribution in [0, 0.1) is 0 Å². The zero-order valence-electron chi connectivity index (χ0n) is 26.6. The molecule has 0 fully saturated rings. The largest absolute Gasteiger partial charge is 0.308 e. The summed E-state index contributed by atoms with van der Waals surface area (Å²) in [5, 5.41) is 11.9. The number of benzene rings is 7. The van der Waals surface area contributed by atoms with Gasteiger partial charge in [0.1, 0.15) is 0 Å². The summed E-state index contributed by atoms with van der Waals surface area (Å²) >= 11 is 0. The van der Waals surface area contributed by atoms with Crippen LogP contribution in [0.15, 0.2) is 188 Å². The van der Waals surface area contributed by atoms with Crippen LogP contribution < -0.4 is 4.90 Å². The summed E-state index contributed by atoms with van der Waals surface area (Å²) < 4.78 is 4.52. The van der Waals surface area contributed by atoms with E-state index in [-0.39, 0.29) is 0 Å². The molecule has 5 heteroatoms. The molecule has 9 aromatic rings. The van der Waals surface area contributed by atoms with Crippen molar-refractivity contribution in [3.8, 4) is 34.2 Å². The van der Waals surface area contributed by atoms with Crippen molar-refractivity contribution in [3.63, 3.8) is 0 Å². The van der Waals surface area contributed by atoms with Crippen LogP contribution in [0.2, 0.25) is 0 Å². The fraction of sp³-hybridized carbons (Fsp3) is 0. The lowest BCUT2D eigenvalue weighted by Gasteiger charge is -2.28. The van der Waals surface area contributed by atoms with Crippen LogP contribution in [-0.2, 0) is 0 Å². The van der Waals surface area contributed by atoms with E-state index in [1.54, 1.807) is 0 Å². The van der Waals surface area contributed by atoms with E-state index >= 15 is 0 Å². The topological polar surface area (TPSA) is 38.9 Å². The Labute approximate surface area is 284 Å². The van der Waals surface area contributed by atoms with E-state index in [2.05, 4.69) is 171 Å². The lowest BCUT2D eigenvalue weighted by molar-refractivity contribution is 1.07. The average molecular weight is 630 g/mol. The van der Waals surface area contributed by atoms with Crippen molar-refractivity contribution in [1.29, 1.82) is 0 Å². The van der Waals surface area contributed by atoms with Crippen LogP contribution >= 0.6 is 0 Å². The molecule has 0 bridgehead atoms. The van der Waals surface area contributed by atoms with Crippen LogP contribution in [0.25, 0.3) is 56.0 Å². The standard InChI is InChI=1S/C44H31N5/c1-4-16-32(17-5-1)43-45-46-44(48(43)35-20-8-3-9-21-35)33-28-30-36(31-29-33)47(34-18-6-2-7-19-34)41-26-14-15-27-42(41)49-39-24-12-10-22-37(39)38-23-11-13-25-40(38)49/h1-31H. The molecule has 9 rings (SSSR count). The Bertz CT molecular complexity index is 2480. The second-order valence-electron chi connectivity index (χ2n) is 12.0. The minimum Gasteiger partial charge on any atom is -0.308 e. The van der Waals surface area contributed by atoms with Crippen molar-refractivity contribution in [2.24, 2.45) is 0 Å². The van der Waals surface area contributed by atoms with E-state index in [4.69, 9.17) is 5.10 Å². The predicted molar refractivity (Wildman–Crippen MR) is 201 cm³/mol. The van der Waals surface area contributed by atoms with Crippen LogP contribution in [0.1, 0.15) is 0 Å². The molecule has 0 unspecified atom stereocenters. The third-order valence-corrected chi connectivity index (χ3v) is 9.05. The normalized spacial score (nSPS) is 11.3. The Morgan fingerprint density at radius 1 is 0.367 bits per heavy atom. The summed E-state index contributed by atoms with van der Waals surface area (Å²) in [6.45, 7) is 0. The summed E-state index contributed by atoms with van der Waals surface area (Å²) in [7, 11) is 0. The first kappa shape index (κ1) is 28.5. The highest BCUT2D eigenvalue weighted by Crippen LogP contribution is 2.42. The van der Waals surface area contributed by atoms with Gasteiger partial charge in [0.15, 0.2) is 11.6 Å². The number of aromatic nitrogens is 4. The molecule has 5 nitrogen and oxygen atoms in total. The number of rotatable bonds is 7. The third kappa shape index (κ3) is 4.96. The predicted octanol–water partition coefficient (Wildman–Crippen LogP) is 11.2. The van der Waals surface area contributed by atoms with Crippen molar-refractivity contribution in [1.82, 2.24) is 19.3 Å². The summed E-state index contributed by atoms with van der Waals surface area (Å²) in [6.07, 6.45) is 0. The van der Waals surface area contributed by atoms with Gasteiger partial charge in [0, 0.05) is 39.0 Å². The molecule has 0 radical (unpaired) electrons. The highest BCUT2D eigenvalue weighted by Gasteiger charge is 2.21. The number of hydrogen-bond donors (Lipinski definition) is 0. The van der Waals surface area contributed by atoms with Gasteiger partial charge in [-0.2, -0.15) is 0 Å². The van der Waals surface area contributed by atoms with Gasteiger partial charge >= 0.3 is 0 Å². The van der Waals surface area contributed by atoms with Gasteiger partial charge in [0.25, 0.3) is 0 Å². The molecule has 49 heavy (non-hydrogen) atoms. The van der Waals surface area contributed by atoms with Gasteiger partial charge in [-0.05, 0) is 72.8 Å². The van der Waals surface area contributed by atoms with E-state index in [0.717, 1.165) is 51.2 Å². The highest BCUT2D eigenvalue weighted by atomic mass is 15.3. The van der Waals surface area contributed by atoms with Crippen molar-refractivity contribution in [3.05, 3.63) is 188 Å². The van der Waals surface area contributed by atoms with Gasteiger partial charge in [-0.25, -0.2) is 0 Å². The summed E-state index contributed by atoms with van der Waals surface area (Å²) in [5.74, 6) is 1.59. The number of anilines is 3. The third-order valence-electron chi connectivity index (χ3n) is 9.05. The fourth-order valence-electron chi connectivity index (χ4n) is 6.86. The zero-order chi connectivity index (χ0) is 32.6. The molecule has 0 atom stereocenters. The molecule has 0 saturated carbocycles. The minimum atomic E-state index is 0.786. The second-order valence-corrected chi connectivity index (χ2v) is 12.0. The van der Waals surface area contributed by atoms with E-state index < -0.39 is 0 Å². The van der Waals surface area contributed by atoms with E-state index in [1.165, 1.54) is 21.8 Å². The van der Waals surface area contributed by atoms with Gasteiger partial charge in [-0.3, -0.25) is 4.57 Å². The van der Waals surface area contributed by atoms with Crippen molar-refractivity contribution >= 4 is 38.9 Å². The molecule has 0 aliphatic heterocycles. The fourth-order valence-corrected chi connectivity index (χ4v) is 6.86. The smallest absolute Gasteiger partial charge is 0.168 e. The quantitative estimate of drug-likeness (QED) is 0.176. The molecule has 0 N–H and O–H groups in total.